The first-order valence-electron chi connectivity index (χ1n) is 4.92. The molecule has 0 aromatic heterocycles. The molecule has 5 heteroatoms. The van der Waals surface area contributed by atoms with Crippen LogP contribution in [0.4, 0.5) is 4.79 Å². The predicted molar refractivity (Wildman–Crippen MR) is 50.8 cm³/mol. The summed E-state index contributed by atoms with van der Waals surface area (Å²) in [5, 5.41) is 2.75. The highest BCUT2D eigenvalue weighted by Gasteiger charge is 2.21. The maximum Gasteiger partial charge on any atom is 0.409 e. The molecule has 1 fully saturated rings. The molecule has 0 saturated carbocycles. The number of amides is 2. The molecule has 1 aliphatic heterocycles. The number of hydrogen-bond donors (Lipinski definition) is 1. The van der Waals surface area contributed by atoms with E-state index in [0.29, 0.717) is 32.7 Å². The Morgan fingerprint density at radius 1 is 1.64 bits per heavy atom. The van der Waals surface area contributed by atoms with E-state index in [0.717, 1.165) is 6.42 Å². The molecular weight excluding hydrogens is 184 g/mol. The average Bonchev–Trinajstić information content (AvgIpc) is 2.58. The van der Waals surface area contributed by atoms with Gasteiger partial charge in [0.25, 0.3) is 0 Å². The van der Waals surface area contributed by atoms with Crippen molar-refractivity contribution in [3.05, 3.63) is 0 Å². The van der Waals surface area contributed by atoms with Gasteiger partial charge in [0, 0.05) is 19.5 Å². The molecule has 0 spiro atoms. The van der Waals surface area contributed by atoms with Crippen LogP contribution in [0.25, 0.3) is 0 Å². The number of ether oxygens (including phenoxy) is 1. The molecule has 1 saturated heterocycles. The predicted octanol–water partition coefficient (Wildman–Crippen LogP) is 0.355. The highest BCUT2D eigenvalue weighted by atomic mass is 16.6. The van der Waals surface area contributed by atoms with E-state index in [4.69, 9.17) is 4.74 Å². The monoisotopic (exact) mass is 200 g/mol. The molecule has 5 nitrogen and oxygen atoms in total. The Morgan fingerprint density at radius 3 is 3.00 bits per heavy atom. The molecule has 80 valence electrons. The molecule has 0 aromatic carbocycles. The SMILES string of the molecule is CCCNC(=O)CCN1CCOC1=O. The lowest BCUT2D eigenvalue weighted by Crippen LogP contribution is -2.31. The zero-order valence-corrected chi connectivity index (χ0v) is 8.41. The van der Waals surface area contributed by atoms with Crippen LogP contribution in [0.1, 0.15) is 19.8 Å². The Hall–Kier alpha value is -1.26. The number of cyclic esters (lactones) is 1. The van der Waals surface area contributed by atoms with Crippen LogP contribution in [0.15, 0.2) is 0 Å². The van der Waals surface area contributed by atoms with Crippen LogP contribution in [-0.2, 0) is 9.53 Å². The minimum absolute atomic E-state index is 0.00782. The number of nitrogens with zero attached hydrogens (tertiary/aromatic N) is 1. The highest BCUT2D eigenvalue weighted by molar-refractivity contribution is 5.77. The number of nitrogens with one attached hydrogen (secondary N) is 1. The fourth-order valence-electron chi connectivity index (χ4n) is 1.22. The molecule has 0 aromatic rings. The largest absolute Gasteiger partial charge is 0.448 e. The van der Waals surface area contributed by atoms with Gasteiger partial charge in [0.15, 0.2) is 0 Å². The van der Waals surface area contributed by atoms with Gasteiger partial charge in [-0.2, -0.15) is 0 Å². The lowest BCUT2D eigenvalue weighted by atomic mass is 10.3. The summed E-state index contributed by atoms with van der Waals surface area (Å²) in [5.74, 6) is -0.00782. The molecule has 1 N–H and O–H groups in total. The van der Waals surface area contributed by atoms with E-state index in [1.165, 1.54) is 0 Å². The van der Waals surface area contributed by atoms with Crippen molar-refractivity contribution in [3.8, 4) is 0 Å². The number of carbonyl (C=O) groups is 2. The smallest absolute Gasteiger partial charge is 0.409 e. The van der Waals surface area contributed by atoms with Gasteiger partial charge in [-0.1, -0.05) is 6.92 Å². The Morgan fingerprint density at radius 2 is 2.43 bits per heavy atom. The Bertz CT molecular complexity index is 218. The molecule has 0 bridgehead atoms. The molecule has 0 atom stereocenters. The minimum Gasteiger partial charge on any atom is -0.448 e. The van der Waals surface area contributed by atoms with Crippen molar-refractivity contribution in [2.24, 2.45) is 0 Å². The van der Waals surface area contributed by atoms with Crippen molar-refractivity contribution in [2.45, 2.75) is 19.8 Å². The number of rotatable bonds is 5. The van der Waals surface area contributed by atoms with Gasteiger partial charge in [-0.15, -0.1) is 0 Å². The van der Waals surface area contributed by atoms with Gasteiger partial charge in [-0.25, -0.2) is 4.79 Å². The normalized spacial score (nSPS) is 15.5. The summed E-state index contributed by atoms with van der Waals surface area (Å²) in [6.45, 7) is 4.19. The first-order chi connectivity index (χ1) is 6.74. The van der Waals surface area contributed by atoms with E-state index < -0.39 is 0 Å². The van der Waals surface area contributed by atoms with E-state index in [9.17, 15) is 9.59 Å². The summed E-state index contributed by atoms with van der Waals surface area (Å²) in [7, 11) is 0. The van der Waals surface area contributed by atoms with E-state index >= 15 is 0 Å². The third-order valence-electron chi connectivity index (χ3n) is 2.03. The van der Waals surface area contributed by atoms with Crippen LogP contribution < -0.4 is 5.32 Å². The standard InChI is InChI=1S/C9H16N2O3/c1-2-4-10-8(12)3-5-11-6-7-14-9(11)13/h2-7H2,1H3,(H,10,12). The molecule has 14 heavy (non-hydrogen) atoms. The Labute approximate surface area is 83.4 Å². The molecule has 0 radical (unpaired) electrons. The topological polar surface area (TPSA) is 58.6 Å². The molecule has 0 unspecified atom stereocenters. The second-order valence-electron chi connectivity index (χ2n) is 3.20. The summed E-state index contributed by atoms with van der Waals surface area (Å²) in [6.07, 6.45) is 0.973. The zero-order chi connectivity index (χ0) is 10.4. The minimum atomic E-state index is -0.312. The van der Waals surface area contributed by atoms with Crippen molar-refractivity contribution in [2.75, 3.05) is 26.2 Å². The van der Waals surface area contributed by atoms with Crippen LogP contribution >= 0.6 is 0 Å². The maximum absolute atomic E-state index is 11.2. The molecule has 1 heterocycles. The molecule has 1 aliphatic rings. The van der Waals surface area contributed by atoms with Crippen LogP contribution in [0.5, 0.6) is 0 Å². The van der Waals surface area contributed by atoms with Gasteiger partial charge in [0.2, 0.25) is 5.91 Å². The summed E-state index contributed by atoms with van der Waals surface area (Å²) >= 11 is 0. The van der Waals surface area contributed by atoms with Crippen molar-refractivity contribution in [1.29, 1.82) is 0 Å². The van der Waals surface area contributed by atoms with Gasteiger partial charge in [0.05, 0.1) is 6.54 Å². The summed E-state index contributed by atoms with van der Waals surface area (Å²) in [5.41, 5.74) is 0. The van der Waals surface area contributed by atoms with Crippen molar-refractivity contribution >= 4 is 12.0 Å². The Balaban J connectivity index is 2.13. The first-order valence-corrected chi connectivity index (χ1v) is 4.92. The Kier molecular flexibility index (Phi) is 4.22. The van der Waals surface area contributed by atoms with E-state index in [1.807, 2.05) is 6.92 Å². The fourth-order valence-corrected chi connectivity index (χ4v) is 1.22. The quantitative estimate of drug-likeness (QED) is 0.697. The van der Waals surface area contributed by atoms with Gasteiger partial charge < -0.3 is 15.0 Å². The van der Waals surface area contributed by atoms with Gasteiger partial charge in [-0.3, -0.25) is 4.79 Å². The highest BCUT2D eigenvalue weighted by Crippen LogP contribution is 2.03. The van der Waals surface area contributed by atoms with Gasteiger partial charge in [-0.05, 0) is 6.42 Å². The maximum atomic E-state index is 11.2. The van der Waals surface area contributed by atoms with Crippen molar-refractivity contribution < 1.29 is 14.3 Å². The third-order valence-corrected chi connectivity index (χ3v) is 2.03. The zero-order valence-electron chi connectivity index (χ0n) is 8.41. The van der Waals surface area contributed by atoms with Crippen LogP contribution in [0.2, 0.25) is 0 Å². The van der Waals surface area contributed by atoms with E-state index in [2.05, 4.69) is 5.32 Å². The second kappa shape index (κ2) is 5.47. The van der Waals surface area contributed by atoms with Crippen LogP contribution in [0.3, 0.4) is 0 Å². The number of hydrogen-bond acceptors (Lipinski definition) is 3. The summed E-state index contributed by atoms with van der Waals surface area (Å²) < 4.78 is 4.73. The lowest BCUT2D eigenvalue weighted by Gasteiger charge is -2.11. The van der Waals surface area contributed by atoms with Crippen molar-refractivity contribution in [3.63, 3.8) is 0 Å². The summed E-state index contributed by atoms with van der Waals surface area (Å²) in [6, 6.07) is 0. The van der Waals surface area contributed by atoms with Crippen LogP contribution in [0, 0.1) is 0 Å². The molecule has 1 rings (SSSR count). The average molecular weight is 200 g/mol. The fraction of sp³-hybridized carbons (Fsp3) is 0.778. The third kappa shape index (κ3) is 3.24. The molecular formula is C9H16N2O3. The lowest BCUT2D eigenvalue weighted by molar-refractivity contribution is -0.121. The van der Waals surface area contributed by atoms with Crippen molar-refractivity contribution in [1.82, 2.24) is 10.2 Å². The summed E-state index contributed by atoms with van der Waals surface area (Å²) in [4.78, 5) is 23.7. The molecule has 2 amide bonds. The van der Waals surface area contributed by atoms with Gasteiger partial charge in [0.1, 0.15) is 6.61 Å². The van der Waals surface area contributed by atoms with Gasteiger partial charge >= 0.3 is 6.09 Å². The molecule has 0 aliphatic carbocycles. The van der Waals surface area contributed by atoms with Crippen LogP contribution in [-0.4, -0.2) is 43.1 Å². The second-order valence-corrected chi connectivity index (χ2v) is 3.20. The first kappa shape index (κ1) is 10.8. The number of carbonyl (C=O) groups excluding carboxylic acids is 2. The van der Waals surface area contributed by atoms with E-state index in [1.54, 1.807) is 4.90 Å². The van der Waals surface area contributed by atoms with E-state index in [-0.39, 0.29) is 12.0 Å².